The van der Waals surface area contributed by atoms with Crippen molar-refractivity contribution >= 4 is 34.4 Å². The lowest BCUT2D eigenvalue weighted by molar-refractivity contribution is 0.166. The number of rotatable bonds is 6. The minimum absolute atomic E-state index is 0.218. The normalized spacial score (nSPS) is 12.0. The van der Waals surface area contributed by atoms with Crippen LogP contribution in [0.5, 0.6) is 0 Å². The van der Waals surface area contributed by atoms with Gasteiger partial charge in [0.1, 0.15) is 0 Å². The SMILES string of the molecule is COCCN(C(=S)Nc1cc(C)ccc1C)[C@H](C)c1cccs1. The van der Waals surface area contributed by atoms with Gasteiger partial charge in [0.2, 0.25) is 0 Å². The predicted octanol–water partition coefficient (Wildman–Crippen LogP) is 4.77. The summed E-state index contributed by atoms with van der Waals surface area (Å²) in [6.07, 6.45) is 0. The van der Waals surface area contributed by atoms with Gasteiger partial charge in [0, 0.05) is 24.2 Å². The third-order valence-corrected chi connectivity index (χ3v) is 5.23. The van der Waals surface area contributed by atoms with Crippen molar-refractivity contribution in [2.24, 2.45) is 0 Å². The van der Waals surface area contributed by atoms with Crippen LogP contribution < -0.4 is 5.32 Å². The second-order valence-electron chi connectivity index (χ2n) is 5.63. The van der Waals surface area contributed by atoms with E-state index in [4.69, 9.17) is 17.0 Å². The molecule has 0 amide bonds. The highest BCUT2D eigenvalue weighted by Crippen LogP contribution is 2.26. The zero-order valence-corrected chi connectivity index (χ0v) is 15.8. The molecule has 0 saturated carbocycles. The maximum atomic E-state index is 5.69. The van der Waals surface area contributed by atoms with Crippen molar-refractivity contribution in [3.05, 3.63) is 51.7 Å². The van der Waals surface area contributed by atoms with Gasteiger partial charge in [-0.25, -0.2) is 0 Å². The molecule has 0 aliphatic heterocycles. The third kappa shape index (κ3) is 4.77. The van der Waals surface area contributed by atoms with Crippen LogP contribution in [-0.2, 0) is 4.74 Å². The van der Waals surface area contributed by atoms with E-state index in [1.807, 2.05) is 0 Å². The standard InChI is InChI=1S/C18H24N2OS2/c1-13-7-8-14(2)16(12-13)19-18(22)20(9-10-21-4)15(3)17-6-5-11-23-17/h5-8,11-12,15H,9-10H2,1-4H3,(H,19,22)/t15-/m1/s1. The number of ether oxygens (including phenoxy) is 1. The third-order valence-electron chi connectivity index (χ3n) is 3.85. The maximum Gasteiger partial charge on any atom is 0.174 e. The molecule has 2 aromatic rings. The molecule has 1 atom stereocenters. The predicted molar refractivity (Wildman–Crippen MR) is 103 cm³/mol. The quantitative estimate of drug-likeness (QED) is 0.760. The largest absolute Gasteiger partial charge is 0.383 e. The average molecular weight is 349 g/mol. The average Bonchev–Trinajstić information content (AvgIpc) is 3.05. The molecule has 0 radical (unpaired) electrons. The summed E-state index contributed by atoms with van der Waals surface area (Å²) in [5.41, 5.74) is 3.47. The first-order chi connectivity index (χ1) is 11.0. The molecule has 0 spiro atoms. The van der Waals surface area contributed by atoms with Crippen molar-refractivity contribution in [3.8, 4) is 0 Å². The van der Waals surface area contributed by atoms with Gasteiger partial charge in [0.15, 0.2) is 5.11 Å². The van der Waals surface area contributed by atoms with Crippen molar-refractivity contribution in [3.63, 3.8) is 0 Å². The van der Waals surface area contributed by atoms with Crippen LogP contribution in [0.4, 0.5) is 5.69 Å². The van der Waals surface area contributed by atoms with E-state index in [0.29, 0.717) is 6.61 Å². The van der Waals surface area contributed by atoms with Crippen LogP contribution >= 0.6 is 23.6 Å². The number of hydrogen-bond donors (Lipinski definition) is 1. The molecule has 0 fully saturated rings. The molecule has 1 N–H and O–H groups in total. The Kier molecular flexibility index (Phi) is 6.57. The van der Waals surface area contributed by atoms with Crippen molar-refractivity contribution < 1.29 is 4.74 Å². The van der Waals surface area contributed by atoms with E-state index in [0.717, 1.165) is 17.3 Å². The Bertz CT molecular complexity index is 640. The number of thiocarbonyl (C=S) groups is 1. The summed E-state index contributed by atoms with van der Waals surface area (Å²) in [4.78, 5) is 3.48. The van der Waals surface area contributed by atoms with Gasteiger partial charge >= 0.3 is 0 Å². The van der Waals surface area contributed by atoms with Crippen LogP contribution in [0.2, 0.25) is 0 Å². The van der Waals surface area contributed by atoms with E-state index in [1.54, 1.807) is 18.4 Å². The van der Waals surface area contributed by atoms with Crippen molar-refractivity contribution in [1.29, 1.82) is 0 Å². The molecule has 2 rings (SSSR count). The number of thiophene rings is 1. The summed E-state index contributed by atoms with van der Waals surface area (Å²) < 4.78 is 5.26. The van der Waals surface area contributed by atoms with Gasteiger partial charge in [-0.3, -0.25) is 0 Å². The van der Waals surface area contributed by atoms with Crippen LogP contribution in [0, 0.1) is 13.8 Å². The second-order valence-corrected chi connectivity index (χ2v) is 6.99. The van der Waals surface area contributed by atoms with Gasteiger partial charge < -0.3 is 15.0 Å². The van der Waals surface area contributed by atoms with Gasteiger partial charge in [0.25, 0.3) is 0 Å². The van der Waals surface area contributed by atoms with Gasteiger partial charge in [-0.1, -0.05) is 18.2 Å². The maximum absolute atomic E-state index is 5.69. The number of hydrogen-bond acceptors (Lipinski definition) is 3. The van der Waals surface area contributed by atoms with Crippen LogP contribution in [0.3, 0.4) is 0 Å². The highest BCUT2D eigenvalue weighted by Gasteiger charge is 2.19. The Hall–Kier alpha value is -1.43. The van der Waals surface area contributed by atoms with Gasteiger partial charge in [-0.15, -0.1) is 11.3 Å². The highest BCUT2D eigenvalue weighted by atomic mass is 32.1. The minimum Gasteiger partial charge on any atom is -0.383 e. The number of aryl methyl sites for hydroxylation is 2. The fourth-order valence-electron chi connectivity index (χ4n) is 2.40. The zero-order valence-electron chi connectivity index (χ0n) is 14.1. The lowest BCUT2D eigenvalue weighted by atomic mass is 10.1. The van der Waals surface area contributed by atoms with Gasteiger partial charge in [-0.05, 0) is 61.6 Å². The fourth-order valence-corrected chi connectivity index (χ4v) is 3.56. The Balaban J connectivity index is 2.17. The molecule has 3 nitrogen and oxygen atoms in total. The number of methoxy groups -OCH3 is 1. The van der Waals surface area contributed by atoms with Crippen LogP contribution in [0.1, 0.15) is 29.0 Å². The number of benzene rings is 1. The van der Waals surface area contributed by atoms with Crippen LogP contribution in [0.15, 0.2) is 35.7 Å². The molecule has 1 heterocycles. The lowest BCUT2D eigenvalue weighted by Gasteiger charge is -2.31. The molecule has 23 heavy (non-hydrogen) atoms. The summed E-state index contributed by atoms with van der Waals surface area (Å²) in [7, 11) is 1.72. The number of nitrogens with one attached hydrogen (secondary N) is 1. The monoisotopic (exact) mass is 348 g/mol. The Morgan fingerprint density at radius 3 is 2.78 bits per heavy atom. The zero-order chi connectivity index (χ0) is 16.8. The summed E-state index contributed by atoms with van der Waals surface area (Å²) in [5.74, 6) is 0. The Labute approximate surface area is 148 Å². The number of nitrogens with zero attached hydrogens (tertiary/aromatic N) is 1. The summed E-state index contributed by atoms with van der Waals surface area (Å²) >= 11 is 7.44. The molecular weight excluding hydrogens is 324 g/mol. The van der Waals surface area contributed by atoms with E-state index >= 15 is 0 Å². The summed E-state index contributed by atoms with van der Waals surface area (Å²) in [6.45, 7) is 7.76. The molecule has 0 aliphatic rings. The molecule has 5 heteroatoms. The minimum atomic E-state index is 0.218. The van der Waals surface area contributed by atoms with Crippen molar-refractivity contribution in [2.45, 2.75) is 26.8 Å². The van der Waals surface area contributed by atoms with Crippen molar-refractivity contribution in [1.82, 2.24) is 4.90 Å². The molecule has 0 aliphatic carbocycles. The molecule has 0 bridgehead atoms. The van der Waals surface area contributed by atoms with E-state index in [2.05, 4.69) is 66.7 Å². The Morgan fingerprint density at radius 2 is 2.13 bits per heavy atom. The van der Waals surface area contributed by atoms with Gasteiger partial charge in [0.05, 0.1) is 12.6 Å². The molecular formula is C18H24N2OS2. The molecule has 0 saturated heterocycles. The first-order valence-corrected chi connectivity index (χ1v) is 8.99. The smallest absolute Gasteiger partial charge is 0.174 e. The molecule has 1 aromatic carbocycles. The first-order valence-electron chi connectivity index (χ1n) is 7.70. The lowest BCUT2D eigenvalue weighted by Crippen LogP contribution is -2.39. The van der Waals surface area contributed by atoms with E-state index in [1.165, 1.54) is 16.0 Å². The van der Waals surface area contributed by atoms with E-state index < -0.39 is 0 Å². The van der Waals surface area contributed by atoms with Crippen LogP contribution in [0.25, 0.3) is 0 Å². The van der Waals surface area contributed by atoms with E-state index in [-0.39, 0.29) is 6.04 Å². The van der Waals surface area contributed by atoms with Crippen molar-refractivity contribution in [2.75, 3.05) is 25.6 Å². The van der Waals surface area contributed by atoms with Crippen LogP contribution in [-0.4, -0.2) is 30.3 Å². The Morgan fingerprint density at radius 1 is 1.35 bits per heavy atom. The summed E-state index contributed by atoms with van der Waals surface area (Å²) in [6, 6.07) is 10.8. The molecule has 124 valence electrons. The molecule has 1 aromatic heterocycles. The molecule has 0 unspecified atom stereocenters. The number of anilines is 1. The topological polar surface area (TPSA) is 24.5 Å². The highest BCUT2D eigenvalue weighted by molar-refractivity contribution is 7.80. The van der Waals surface area contributed by atoms with Gasteiger partial charge in [-0.2, -0.15) is 0 Å². The van der Waals surface area contributed by atoms with E-state index in [9.17, 15) is 0 Å². The summed E-state index contributed by atoms with van der Waals surface area (Å²) in [5, 5.41) is 6.24. The fraction of sp³-hybridized carbons (Fsp3) is 0.389. The first kappa shape index (κ1) is 17.9. The second kappa shape index (κ2) is 8.43.